The Hall–Kier alpha value is -3.59. The average molecular weight is 400 g/mol. The van der Waals surface area contributed by atoms with Gasteiger partial charge in [0.1, 0.15) is 5.75 Å². The lowest BCUT2D eigenvalue weighted by Crippen LogP contribution is -2.24. The molecule has 0 aliphatic carbocycles. The number of nitrogens with zero attached hydrogens (tertiary/aromatic N) is 2. The number of nitrogens with two attached hydrogens (primary N) is 1. The molecule has 1 atom stereocenters. The Kier molecular flexibility index (Phi) is 6.30. The number of halogens is 2. The first-order valence-electron chi connectivity index (χ1n) is 8.60. The number of rotatable bonds is 8. The van der Waals surface area contributed by atoms with E-state index in [-0.39, 0.29) is 12.4 Å². The van der Waals surface area contributed by atoms with Crippen LogP contribution >= 0.6 is 0 Å². The number of amides is 1. The molecule has 0 aliphatic heterocycles. The van der Waals surface area contributed by atoms with E-state index in [0.29, 0.717) is 22.8 Å². The molecule has 4 N–H and O–H groups in total. The molecule has 0 saturated heterocycles. The molecule has 3 aromatic rings. The van der Waals surface area contributed by atoms with Crippen LogP contribution in [0.3, 0.4) is 0 Å². The lowest BCUT2D eigenvalue weighted by Gasteiger charge is -2.11. The lowest BCUT2D eigenvalue weighted by atomic mass is 9.99. The van der Waals surface area contributed by atoms with Crippen LogP contribution in [0.25, 0.3) is 11.1 Å². The summed E-state index contributed by atoms with van der Waals surface area (Å²) in [6, 6.07) is 13.0. The third-order valence-corrected chi connectivity index (χ3v) is 4.16. The molecule has 0 aliphatic rings. The predicted octanol–water partition coefficient (Wildman–Crippen LogP) is 3.05. The van der Waals surface area contributed by atoms with E-state index in [4.69, 9.17) is 5.73 Å². The monoisotopic (exact) mass is 400 g/mol. The quantitative estimate of drug-likeness (QED) is 0.536. The van der Waals surface area contributed by atoms with Gasteiger partial charge in [-0.2, -0.15) is 8.78 Å². The first-order valence-corrected chi connectivity index (χ1v) is 8.60. The molecule has 150 valence electrons. The molecule has 1 heterocycles. The van der Waals surface area contributed by atoms with Crippen molar-refractivity contribution in [2.45, 2.75) is 12.5 Å². The summed E-state index contributed by atoms with van der Waals surface area (Å²) in [5.41, 5.74) is 8.02. The highest BCUT2D eigenvalue weighted by atomic mass is 19.3. The zero-order valence-corrected chi connectivity index (χ0v) is 15.1. The summed E-state index contributed by atoms with van der Waals surface area (Å²) in [5.74, 6) is -0.920. The summed E-state index contributed by atoms with van der Waals surface area (Å²) < 4.78 is 28.7. The Morgan fingerprint density at radius 1 is 1.03 bits per heavy atom. The number of hydrogen-bond donors (Lipinski definition) is 3. The molecule has 7 nitrogen and oxygen atoms in total. The average Bonchev–Trinajstić information content (AvgIpc) is 2.70. The molecule has 0 saturated carbocycles. The summed E-state index contributed by atoms with van der Waals surface area (Å²) in [7, 11) is 0. The largest absolute Gasteiger partial charge is 0.435 e. The van der Waals surface area contributed by atoms with Crippen molar-refractivity contribution in [2.24, 2.45) is 5.73 Å². The Morgan fingerprint density at radius 3 is 2.17 bits per heavy atom. The van der Waals surface area contributed by atoms with Crippen LogP contribution in [0, 0.1) is 0 Å². The Balaban J connectivity index is 1.67. The minimum atomic E-state index is -2.87. The van der Waals surface area contributed by atoms with Crippen molar-refractivity contribution in [3.05, 3.63) is 66.5 Å². The molecule has 3 rings (SSSR count). The summed E-state index contributed by atoms with van der Waals surface area (Å²) in [6.45, 7) is -3.23. The normalized spacial score (nSPS) is 11.9. The van der Waals surface area contributed by atoms with Gasteiger partial charge < -0.3 is 20.9 Å². The van der Waals surface area contributed by atoms with E-state index in [2.05, 4.69) is 20.0 Å². The number of hydrogen-bond acceptors (Lipinski definition) is 6. The molecule has 0 spiro atoms. The molecule has 2 aromatic carbocycles. The van der Waals surface area contributed by atoms with E-state index < -0.39 is 18.4 Å². The second kappa shape index (κ2) is 9.07. The fraction of sp³-hybridized carbons (Fsp3) is 0.150. The maximum absolute atomic E-state index is 12.2. The van der Waals surface area contributed by atoms with Gasteiger partial charge in [-0.15, -0.1) is 0 Å². The SMILES string of the molecule is NC(=O)C(CO)c1ccc(Nc2ncc(-c3ccc(OC(F)F)cc3)cn2)cc1. The highest BCUT2D eigenvalue weighted by Crippen LogP contribution is 2.24. The van der Waals surface area contributed by atoms with Crippen LogP contribution in [-0.4, -0.2) is 34.2 Å². The Bertz CT molecular complexity index is 949. The Labute approximate surface area is 165 Å². The van der Waals surface area contributed by atoms with Gasteiger partial charge in [-0.05, 0) is 35.4 Å². The van der Waals surface area contributed by atoms with Gasteiger partial charge in [0.2, 0.25) is 11.9 Å². The molecule has 29 heavy (non-hydrogen) atoms. The lowest BCUT2D eigenvalue weighted by molar-refractivity contribution is -0.120. The number of carbonyl (C=O) groups excluding carboxylic acids is 1. The van der Waals surface area contributed by atoms with E-state index >= 15 is 0 Å². The molecule has 1 amide bonds. The second-order valence-electron chi connectivity index (χ2n) is 6.08. The topological polar surface area (TPSA) is 110 Å². The van der Waals surface area contributed by atoms with Gasteiger partial charge in [0.25, 0.3) is 0 Å². The van der Waals surface area contributed by atoms with Crippen molar-refractivity contribution in [1.82, 2.24) is 9.97 Å². The first kappa shape index (κ1) is 20.2. The maximum Gasteiger partial charge on any atom is 0.387 e. The molecule has 1 unspecified atom stereocenters. The van der Waals surface area contributed by atoms with Gasteiger partial charge in [-0.1, -0.05) is 24.3 Å². The zero-order valence-electron chi connectivity index (χ0n) is 15.1. The number of aliphatic hydroxyl groups is 1. The number of nitrogens with one attached hydrogen (secondary N) is 1. The van der Waals surface area contributed by atoms with Gasteiger partial charge in [-0.25, -0.2) is 9.97 Å². The van der Waals surface area contributed by atoms with E-state index in [0.717, 1.165) is 5.56 Å². The molecule has 0 fully saturated rings. The second-order valence-corrected chi connectivity index (χ2v) is 6.08. The number of anilines is 2. The van der Waals surface area contributed by atoms with Gasteiger partial charge in [-0.3, -0.25) is 4.79 Å². The van der Waals surface area contributed by atoms with E-state index in [9.17, 15) is 18.7 Å². The van der Waals surface area contributed by atoms with Crippen LogP contribution in [0.4, 0.5) is 20.4 Å². The predicted molar refractivity (Wildman–Crippen MR) is 103 cm³/mol. The van der Waals surface area contributed by atoms with Crippen molar-refractivity contribution in [3.63, 3.8) is 0 Å². The van der Waals surface area contributed by atoms with Crippen LogP contribution in [0.15, 0.2) is 60.9 Å². The van der Waals surface area contributed by atoms with Gasteiger partial charge in [0.15, 0.2) is 0 Å². The zero-order chi connectivity index (χ0) is 20.8. The number of primary amides is 1. The maximum atomic E-state index is 12.2. The van der Waals surface area contributed by atoms with Crippen molar-refractivity contribution >= 4 is 17.5 Å². The van der Waals surface area contributed by atoms with E-state index in [1.807, 2.05) is 0 Å². The smallest absolute Gasteiger partial charge is 0.387 e. The molecule has 0 radical (unpaired) electrons. The van der Waals surface area contributed by atoms with Crippen molar-refractivity contribution in [1.29, 1.82) is 0 Å². The standard InChI is InChI=1S/C20H18F2N4O3/c21-19(22)29-16-7-3-12(4-8-16)14-9-24-20(25-10-14)26-15-5-1-13(2-6-15)17(11-27)18(23)28/h1-10,17,19,27H,11H2,(H2,23,28)(H,24,25,26). The summed E-state index contributed by atoms with van der Waals surface area (Å²) in [4.78, 5) is 19.8. The number of aromatic nitrogens is 2. The fourth-order valence-corrected chi connectivity index (χ4v) is 2.66. The van der Waals surface area contributed by atoms with Gasteiger partial charge in [0.05, 0.1) is 12.5 Å². The highest BCUT2D eigenvalue weighted by Gasteiger charge is 2.16. The molecule has 0 bridgehead atoms. The van der Waals surface area contributed by atoms with E-state index in [1.165, 1.54) is 12.1 Å². The highest BCUT2D eigenvalue weighted by molar-refractivity contribution is 5.82. The van der Waals surface area contributed by atoms with Gasteiger partial charge in [0, 0.05) is 23.6 Å². The van der Waals surface area contributed by atoms with Crippen molar-refractivity contribution < 1.29 is 23.4 Å². The third-order valence-electron chi connectivity index (χ3n) is 4.16. The van der Waals surface area contributed by atoms with Crippen LogP contribution < -0.4 is 15.8 Å². The van der Waals surface area contributed by atoms with Crippen LogP contribution in [0.2, 0.25) is 0 Å². The number of carbonyl (C=O) groups is 1. The molecular weight excluding hydrogens is 382 g/mol. The summed E-state index contributed by atoms with van der Waals surface area (Å²) >= 11 is 0. The van der Waals surface area contributed by atoms with Crippen LogP contribution in [0.1, 0.15) is 11.5 Å². The minimum Gasteiger partial charge on any atom is -0.435 e. The van der Waals surface area contributed by atoms with Crippen LogP contribution in [0.5, 0.6) is 5.75 Å². The van der Waals surface area contributed by atoms with E-state index in [1.54, 1.807) is 48.8 Å². The summed E-state index contributed by atoms with van der Waals surface area (Å²) in [5, 5.41) is 12.3. The summed E-state index contributed by atoms with van der Waals surface area (Å²) in [6.07, 6.45) is 3.20. The molecular formula is C20H18F2N4O3. The van der Waals surface area contributed by atoms with Gasteiger partial charge >= 0.3 is 6.61 Å². The number of alkyl halides is 2. The Morgan fingerprint density at radius 2 is 1.66 bits per heavy atom. The number of aliphatic hydroxyl groups excluding tert-OH is 1. The number of ether oxygens (including phenoxy) is 1. The molecule has 9 heteroatoms. The first-order chi connectivity index (χ1) is 14.0. The van der Waals surface area contributed by atoms with Crippen LogP contribution in [-0.2, 0) is 4.79 Å². The van der Waals surface area contributed by atoms with Crippen molar-refractivity contribution in [3.8, 4) is 16.9 Å². The third kappa shape index (κ3) is 5.23. The fourth-order valence-electron chi connectivity index (χ4n) is 2.66. The molecule has 1 aromatic heterocycles. The minimum absolute atomic E-state index is 0.0752. The van der Waals surface area contributed by atoms with Crippen molar-refractivity contribution in [2.75, 3.05) is 11.9 Å². The number of benzene rings is 2.